The number of ether oxygens (including phenoxy) is 1. The highest BCUT2D eigenvalue weighted by Gasteiger charge is 2.43. The van der Waals surface area contributed by atoms with Gasteiger partial charge < -0.3 is 25.4 Å². The van der Waals surface area contributed by atoms with Gasteiger partial charge in [0.25, 0.3) is 0 Å². The number of hydrogen-bond donors (Lipinski definition) is 3. The number of carbonyl (C=O) groups excluding carboxylic acids is 3. The first kappa shape index (κ1) is 30.7. The van der Waals surface area contributed by atoms with E-state index >= 15 is 0 Å². The van der Waals surface area contributed by atoms with E-state index in [9.17, 15) is 19.5 Å². The van der Waals surface area contributed by atoms with E-state index in [0.29, 0.717) is 12.0 Å². The normalized spacial score (nSPS) is 13.4. The average Bonchev–Trinajstić information content (AvgIpc) is 2.81. The van der Waals surface area contributed by atoms with Crippen LogP contribution in [-0.4, -0.2) is 51.1 Å². The maximum atomic E-state index is 14.5. The fourth-order valence-electron chi connectivity index (χ4n) is 4.05. The summed E-state index contributed by atoms with van der Waals surface area (Å²) in [6.07, 6.45) is -0.0241. The number of carbonyl (C=O) groups is 3. The van der Waals surface area contributed by atoms with Crippen molar-refractivity contribution in [2.24, 2.45) is 0 Å². The predicted octanol–water partition coefficient (Wildman–Crippen LogP) is 5.11. The van der Waals surface area contributed by atoms with Crippen LogP contribution in [0.4, 0.5) is 4.79 Å². The van der Waals surface area contributed by atoms with Crippen LogP contribution in [0.5, 0.6) is 5.75 Å². The van der Waals surface area contributed by atoms with E-state index in [0.717, 1.165) is 5.56 Å². The Balaban J connectivity index is 2.62. The van der Waals surface area contributed by atoms with E-state index in [1.165, 1.54) is 12.1 Å². The maximum absolute atomic E-state index is 14.5. The molecule has 3 N–H and O–H groups in total. The Hall–Kier alpha value is -3.55. The molecular formula is C30H43N3O5. The molecule has 0 saturated carbocycles. The highest BCUT2D eigenvalue weighted by molar-refractivity contribution is 5.93. The van der Waals surface area contributed by atoms with Crippen molar-refractivity contribution in [1.82, 2.24) is 15.5 Å². The van der Waals surface area contributed by atoms with Crippen molar-refractivity contribution >= 4 is 17.9 Å². The second-order valence-electron chi connectivity index (χ2n) is 11.4. The van der Waals surface area contributed by atoms with Crippen molar-refractivity contribution in [3.63, 3.8) is 0 Å². The fourth-order valence-corrected chi connectivity index (χ4v) is 4.05. The Morgan fingerprint density at radius 2 is 1.50 bits per heavy atom. The lowest BCUT2D eigenvalue weighted by Crippen LogP contribution is -2.60. The van der Waals surface area contributed by atoms with Gasteiger partial charge in [0.05, 0.1) is 0 Å². The minimum atomic E-state index is -1.03. The number of amides is 3. The van der Waals surface area contributed by atoms with E-state index in [2.05, 4.69) is 10.6 Å². The summed E-state index contributed by atoms with van der Waals surface area (Å²) < 4.78 is 5.47. The molecule has 38 heavy (non-hydrogen) atoms. The monoisotopic (exact) mass is 525 g/mol. The molecule has 0 aliphatic rings. The molecule has 208 valence electrons. The van der Waals surface area contributed by atoms with Gasteiger partial charge in [0.1, 0.15) is 23.4 Å². The number of benzene rings is 2. The molecule has 0 spiro atoms. The molecule has 0 saturated heterocycles. The number of phenols is 1. The molecule has 2 unspecified atom stereocenters. The Morgan fingerprint density at radius 3 is 2.00 bits per heavy atom. The van der Waals surface area contributed by atoms with Gasteiger partial charge in [-0.1, -0.05) is 49.4 Å². The molecule has 2 atom stereocenters. The summed E-state index contributed by atoms with van der Waals surface area (Å²) in [5.74, 6) is -0.620. The lowest BCUT2D eigenvalue weighted by atomic mass is 9.91. The Bertz CT molecular complexity index is 1080. The summed E-state index contributed by atoms with van der Waals surface area (Å²) in [6.45, 7) is 14.8. The van der Waals surface area contributed by atoms with E-state index in [1.807, 2.05) is 65.0 Å². The highest BCUT2D eigenvalue weighted by atomic mass is 16.6. The van der Waals surface area contributed by atoms with Crippen LogP contribution in [0.15, 0.2) is 54.6 Å². The molecule has 2 aromatic rings. The van der Waals surface area contributed by atoms with Crippen LogP contribution >= 0.6 is 0 Å². The van der Waals surface area contributed by atoms with Crippen LogP contribution < -0.4 is 10.6 Å². The summed E-state index contributed by atoms with van der Waals surface area (Å²) >= 11 is 0. The molecule has 0 radical (unpaired) electrons. The lowest BCUT2D eigenvalue weighted by molar-refractivity contribution is -0.149. The third-order valence-corrected chi connectivity index (χ3v) is 6.17. The largest absolute Gasteiger partial charge is 0.508 e. The maximum Gasteiger partial charge on any atom is 0.408 e. The van der Waals surface area contributed by atoms with E-state index in [4.69, 9.17) is 4.74 Å². The molecule has 8 heteroatoms. The average molecular weight is 526 g/mol. The number of rotatable bonds is 10. The smallest absolute Gasteiger partial charge is 0.408 e. The molecule has 0 aromatic heterocycles. The molecule has 0 bridgehead atoms. The van der Waals surface area contributed by atoms with Gasteiger partial charge >= 0.3 is 6.09 Å². The molecule has 2 rings (SSSR count). The molecule has 0 aliphatic heterocycles. The zero-order valence-corrected chi connectivity index (χ0v) is 23.9. The zero-order chi connectivity index (χ0) is 28.7. The van der Waals surface area contributed by atoms with E-state index in [-0.39, 0.29) is 24.1 Å². The summed E-state index contributed by atoms with van der Waals surface area (Å²) in [4.78, 5) is 42.5. The SMILES string of the molecule is CCC(C)(C)N(C(=O)C(Cc1ccc(O)cc1)NC(=O)OC(C)(C)C)C(C(=O)NC(C)C)c1ccccc1. The van der Waals surface area contributed by atoms with Crippen molar-refractivity contribution in [1.29, 1.82) is 0 Å². The first-order chi connectivity index (χ1) is 17.6. The Morgan fingerprint density at radius 1 is 0.921 bits per heavy atom. The topological polar surface area (TPSA) is 108 Å². The molecule has 0 aliphatic carbocycles. The van der Waals surface area contributed by atoms with Crippen LogP contribution in [0.1, 0.15) is 79.0 Å². The number of alkyl carbamates (subject to hydrolysis) is 1. The van der Waals surface area contributed by atoms with Gasteiger partial charge in [-0.05, 0) is 78.1 Å². The number of phenolic OH excluding ortho intramolecular Hbond substituents is 1. The van der Waals surface area contributed by atoms with Gasteiger partial charge in [0.2, 0.25) is 11.8 Å². The molecule has 0 heterocycles. The minimum absolute atomic E-state index is 0.0972. The predicted molar refractivity (Wildman–Crippen MR) is 149 cm³/mol. The number of nitrogens with zero attached hydrogens (tertiary/aromatic N) is 1. The summed E-state index contributed by atoms with van der Waals surface area (Å²) in [5.41, 5.74) is -0.104. The fraction of sp³-hybridized carbons (Fsp3) is 0.500. The third kappa shape index (κ3) is 8.78. The molecule has 8 nitrogen and oxygen atoms in total. The van der Waals surface area contributed by atoms with Gasteiger partial charge in [-0.2, -0.15) is 0 Å². The molecule has 3 amide bonds. The Labute approximate surface area is 226 Å². The van der Waals surface area contributed by atoms with Gasteiger partial charge in [-0.15, -0.1) is 0 Å². The highest BCUT2D eigenvalue weighted by Crippen LogP contribution is 2.32. The second kappa shape index (κ2) is 12.8. The first-order valence-corrected chi connectivity index (χ1v) is 13.1. The molecule has 0 fully saturated rings. The van der Waals surface area contributed by atoms with E-state index < -0.39 is 35.2 Å². The van der Waals surface area contributed by atoms with Crippen molar-refractivity contribution in [3.05, 3.63) is 65.7 Å². The van der Waals surface area contributed by atoms with Crippen molar-refractivity contribution in [2.75, 3.05) is 0 Å². The van der Waals surface area contributed by atoms with Crippen molar-refractivity contribution < 1.29 is 24.2 Å². The number of nitrogens with one attached hydrogen (secondary N) is 2. The molecule has 2 aromatic carbocycles. The van der Waals surface area contributed by atoms with Crippen LogP contribution in [0.25, 0.3) is 0 Å². The zero-order valence-electron chi connectivity index (χ0n) is 23.9. The third-order valence-electron chi connectivity index (χ3n) is 6.17. The first-order valence-electron chi connectivity index (χ1n) is 13.1. The van der Waals surface area contributed by atoms with Crippen LogP contribution in [-0.2, 0) is 20.7 Å². The molecular weight excluding hydrogens is 482 g/mol. The number of aromatic hydroxyl groups is 1. The summed E-state index contributed by atoms with van der Waals surface area (Å²) in [7, 11) is 0. The van der Waals surface area contributed by atoms with Crippen LogP contribution in [0.2, 0.25) is 0 Å². The summed E-state index contributed by atoms with van der Waals surface area (Å²) in [6, 6.07) is 13.5. The van der Waals surface area contributed by atoms with E-state index in [1.54, 1.807) is 37.8 Å². The van der Waals surface area contributed by atoms with Gasteiger partial charge in [-0.3, -0.25) is 9.59 Å². The van der Waals surface area contributed by atoms with Crippen molar-refractivity contribution in [3.8, 4) is 5.75 Å². The standard InChI is InChI=1S/C30H43N3O5/c1-9-30(7,8)33(25(26(35)31-20(2)3)22-13-11-10-12-14-22)27(36)24(32-28(37)38-29(4,5)6)19-21-15-17-23(34)18-16-21/h10-18,20,24-25,34H,9,19H2,1-8H3,(H,31,35)(H,32,37). The van der Waals surface area contributed by atoms with Crippen LogP contribution in [0.3, 0.4) is 0 Å². The number of hydrogen-bond acceptors (Lipinski definition) is 5. The van der Waals surface area contributed by atoms with Crippen molar-refractivity contribution in [2.45, 2.75) is 97.5 Å². The lowest BCUT2D eigenvalue weighted by Gasteiger charge is -2.44. The Kier molecular flexibility index (Phi) is 10.3. The minimum Gasteiger partial charge on any atom is -0.508 e. The van der Waals surface area contributed by atoms with Crippen LogP contribution in [0, 0.1) is 0 Å². The second-order valence-corrected chi connectivity index (χ2v) is 11.4. The summed E-state index contributed by atoms with van der Waals surface area (Å²) in [5, 5.41) is 15.4. The van der Waals surface area contributed by atoms with Gasteiger partial charge in [0.15, 0.2) is 0 Å². The van der Waals surface area contributed by atoms with Gasteiger partial charge in [-0.25, -0.2) is 4.79 Å². The quantitative estimate of drug-likeness (QED) is 0.399. The van der Waals surface area contributed by atoms with Gasteiger partial charge in [0, 0.05) is 18.0 Å².